The van der Waals surface area contributed by atoms with Crippen LogP contribution in [0, 0.1) is 5.92 Å². The lowest BCUT2D eigenvalue weighted by molar-refractivity contribution is -0.120. The largest absolute Gasteiger partial charge is 0.305 e. The van der Waals surface area contributed by atoms with Gasteiger partial charge < -0.3 is 4.90 Å². The van der Waals surface area contributed by atoms with Gasteiger partial charge in [0.05, 0.1) is 0 Å². The molecule has 0 bridgehead atoms. The summed E-state index contributed by atoms with van der Waals surface area (Å²) in [5.74, 6) is 0.874. The molecule has 0 spiro atoms. The molecule has 1 saturated heterocycles. The molecule has 1 aromatic rings. The molecule has 80 valence electrons. The molecule has 1 heterocycles. The summed E-state index contributed by atoms with van der Waals surface area (Å²) in [5.41, 5.74) is 1.29. The predicted molar refractivity (Wildman–Crippen MR) is 60.9 cm³/mol. The molecule has 0 N–H and O–H groups in total. The summed E-state index contributed by atoms with van der Waals surface area (Å²) in [4.78, 5) is 13.8. The minimum Gasteiger partial charge on any atom is -0.305 e. The van der Waals surface area contributed by atoms with Gasteiger partial charge in [-0.25, -0.2) is 0 Å². The number of carbonyl (C=O) groups is 1. The predicted octanol–water partition coefficient (Wildman–Crippen LogP) is 1.92. The smallest absolute Gasteiger partial charge is 0.134 e. The van der Waals surface area contributed by atoms with Crippen LogP contribution < -0.4 is 0 Å². The highest BCUT2D eigenvalue weighted by atomic mass is 16.1. The van der Waals surface area contributed by atoms with Crippen molar-refractivity contribution in [2.45, 2.75) is 12.8 Å². The lowest BCUT2D eigenvalue weighted by atomic mass is 9.87. The van der Waals surface area contributed by atoms with E-state index < -0.39 is 0 Å². The second-order valence-electron chi connectivity index (χ2n) is 4.46. The molecule has 2 nitrogen and oxygen atoms in total. The maximum absolute atomic E-state index is 11.5. The van der Waals surface area contributed by atoms with E-state index in [1.54, 1.807) is 6.92 Å². The molecule has 1 aromatic carbocycles. The highest BCUT2D eigenvalue weighted by molar-refractivity contribution is 5.80. The zero-order valence-corrected chi connectivity index (χ0v) is 9.31. The minimum absolute atomic E-state index is 0.178. The van der Waals surface area contributed by atoms with Gasteiger partial charge in [-0.1, -0.05) is 30.3 Å². The molecule has 2 atom stereocenters. The van der Waals surface area contributed by atoms with Gasteiger partial charge in [-0.05, 0) is 19.5 Å². The fourth-order valence-corrected chi connectivity index (χ4v) is 2.45. The number of benzene rings is 1. The van der Waals surface area contributed by atoms with Crippen LogP contribution in [0.25, 0.3) is 0 Å². The summed E-state index contributed by atoms with van der Waals surface area (Å²) < 4.78 is 0. The Labute approximate surface area is 90.9 Å². The summed E-state index contributed by atoms with van der Waals surface area (Å²) in [6.45, 7) is 3.60. The van der Waals surface area contributed by atoms with E-state index in [-0.39, 0.29) is 5.92 Å². The Balaban J connectivity index is 2.24. The lowest BCUT2D eigenvalue weighted by Gasteiger charge is -2.15. The van der Waals surface area contributed by atoms with E-state index in [9.17, 15) is 4.79 Å². The first kappa shape index (κ1) is 10.4. The second kappa shape index (κ2) is 4.15. The highest BCUT2D eigenvalue weighted by Crippen LogP contribution is 2.32. The summed E-state index contributed by atoms with van der Waals surface area (Å²) in [6.07, 6.45) is 0. The number of rotatable bonds is 2. The van der Waals surface area contributed by atoms with E-state index in [4.69, 9.17) is 0 Å². The molecule has 0 saturated carbocycles. The van der Waals surface area contributed by atoms with Crippen LogP contribution in [0.4, 0.5) is 0 Å². The van der Waals surface area contributed by atoms with Gasteiger partial charge in [-0.15, -0.1) is 0 Å². The van der Waals surface area contributed by atoms with Crippen molar-refractivity contribution >= 4 is 5.78 Å². The van der Waals surface area contributed by atoms with Crippen LogP contribution in [0.5, 0.6) is 0 Å². The zero-order chi connectivity index (χ0) is 10.8. The Bertz CT molecular complexity index is 347. The van der Waals surface area contributed by atoms with Crippen LogP contribution in [0.2, 0.25) is 0 Å². The normalized spacial score (nSPS) is 26.8. The topological polar surface area (TPSA) is 20.3 Å². The molecular formula is C13H17NO. The van der Waals surface area contributed by atoms with Gasteiger partial charge >= 0.3 is 0 Å². The van der Waals surface area contributed by atoms with Crippen LogP contribution in [-0.2, 0) is 4.79 Å². The molecule has 0 aliphatic carbocycles. The van der Waals surface area contributed by atoms with Crippen molar-refractivity contribution in [3.63, 3.8) is 0 Å². The van der Waals surface area contributed by atoms with Crippen LogP contribution in [-0.4, -0.2) is 30.8 Å². The van der Waals surface area contributed by atoms with Crippen LogP contribution in [0.3, 0.4) is 0 Å². The molecule has 0 aromatic heterocycles. The summed E-state index contributed by atoms with van der Waals surface area (Å²) in [7, 11) is 2.08. The quantitative estimate of drug-likeness (QED) is 0.732. The molecule has 1 fully saturated rings. The van der Waals surface area contributed by atoms with E-state index in [1.165, 1.54) is 5.56 Å². The number of carbonyl (C=O) groups excluding carboxylic acids is 1. The molecule has 2 rings (SSSR count). The molecule has 0 radical (unpaired) electrons. The van der Waals surface area contributed by atoms with Gasteiger partial charge in [-0.2, -0.15) is 0 Å². The number of Topliss-reactive ketones (excluding diaryl/α,β-unsaturated/α-hetero) is 1. The molecular weight excluding hydrogens is 186 g/mol. The van der Waals surface area contributed by atoms with Gasteiger partial charge in [0.1, 0.15) is 5.78 Å². The van der Waals surface area contributed by atoms with Crippen LogP contribution in [0.1, 0.15) is 18.4 Å². The molecule has 1 aliphatic heterocycles. The van der Waals surface area contributed by atoms with Crippen molar-refractivity contribution < 1.29 is 4.79 Å². The summed E-state index contributed by atoms with van der Waals surface area (Å²) in [5, 5.41) is 0. The number of hydrogen-bond acceptors (Lipinski definition) is 2. The summed E-state index contributed by atoms with van der Waals surface area (Å²) >= 11 is 0. The Hall–Kier alpha value is -1.15. The van der Waals surface area contributed by atoms with Gasteiger partial charge in [-0.3, -0.25) is 4.79 Å². The molecule has 15 heavy (non-hydrogen) atoms. The molecule has 0 amide bonds. The van der Waals surface area contributed by atoms with Gasteiger partial charge in [0.25, 0.3) is 0 Å². The maximum atomic E-state index is 11.5. The lowest BCUT2D eigenvalue weighted by Crippen LogP contribution is -2.19. The van der Waals surface area contributed by atoms with Gasteiger partial charge in [0.2, 0.25) is 0 Å². The SMILES string of the molecule is CC(=O)C1CN(C)CC1c1ccccc1. The standard InChI is InChI=1S/C13H17NO/c1-10(15)12-8-14(2)9-13(12)11-6-4-3-5-7-11/h3-7,12-13H,8-9H2,1-2H3. The fourth-order valence-electron chi connectivity index (χ4n) is 2.45. The first-order valence-corrected chi connectivity index (χ1v) is 5.42. The second-order valence-corrected chi connectivity index (χ2v) is 4.46. The Morgan fingerprint density at radius 2 is 1.93 bits per heavy atom. The Kier molecular flexibility index (Phi) is 2.87. The number of ketones is 1. The van der Waals surface area contributed by atoms with Crippen molar-refractivity contribution in [2.24, 2.45) is 5.92 Å². The van der Waals surface area contributed by atoms with Crippen LogP contribution >= 0.6 is 0 Å². The monoisotopic (exact) mass is 203 g/mol. The van der Waals surface area contributed by atoms with E-state index in [0.29, 0.717) is 11.7 Å². The summed E-state index contributed by atoms with van der Waals surface area (Å²) in [6, 6.07) is 10.4. The fraction of sp³-hybridized carbons (Fsp3) is 0.462. The Morgan fingerprint density at radius 3 is 2.53 bits per heavy atom. The third-order valence-corrected chi connectivity index (χ3v) is 3.25. The zero-order valence-electron chi connectivity index (χ0n) is 9.31. The van der Waals surface area contributed by atoms with E-state index in [2.05, 4.69) is 24.1 Å². The van der Waals surface area contributed by atoms with Crippen LogP contribution in [0.15, 0.2) is 30.3 Å². The first-order chi connectivity index (χ1) is 7.18. The van der Waals surface area contributed by atoms with Gasteiger partial charge in [0, 0.05) is 24.9 Å². The number of hydrogen-bond donors (Lipinski definition) is 0. The number of likely N-dealkylation sites (N-methyl/N-ethyl adjacent to an activating group) is 1. The van der Waals surface area contributed by atoms with Crippen molar-refractivity contribution in [3.8, 4) is 0 Å². The third kappa shape index (κ3) is 2.10. The van der Waals surface area contributed by atoms with E-state index in [0.717, 1.165) is 13.1 Å². The van der Waals surface area contributed by atoms with Gasteiger partial charge in [0.15, 0.2) is 0 Å². The average molecular weight is 203 g/mol. The third-order valence-electron chi connectivity index (χ3n) is 3.25. The van der Waals surface area contributed by atoms with Crippen molar-refractivity contribution in [3.05, 3.63) is 35.9 Å². The molecule has 1 aliphatic rings. The first-order valence-electron chi connectivity index (χ1n) is 5.42. The maximum Gasteiger partial charge on any atom is 0.134 e. The number of likely N-dealkylation sites (tertiary alicyclic amines) is 1. The molecule has 2 unspecified atom stereocenters. The van der Waals surface area contributed by atoms with Crippen molar-refractivity contribution in [2.75, 3.05) is 20.1 Å². The average Bonchev–Trinajstić information content (AvgIpc) is 2.62. The number of nitrogens with zero attached hydrogens (tertiary/aromatic N) is 1. The minimum atomic E-state index is 0.178. The Morgan fingerprint density at radius 1 is 1.27 bits per heavy atom. The van der Waals surface area contributed by atoms with E-state index >= 15 is 0 Å². The molecule has 2 heteroatoms. The van der Waals surface area contributed by atoms with Crippen molar-refractivity contribution in [1.82, 2.24) is 4.90 Å². The van der Waals surface area contributed by atoms with E-state index in [1.807, 2.05) is 18.2 Å². The highest BCUT2D eigenvalue weighted by Gasteiger charge is 2.34. The van der Waals surface area contributed by atoms with Crippen molar-refractivity contribution in [1.29, 1.82) is 0 Å².